The largest absolute Gasteiger partial charge is 0.489 e. The smallest absolute Gasteiger partial charge is 0.342 e. The molecule has 19 heavy (non-hydrogen) atoms. The molecule has 1 aromatic rings. The molecule has 0 spiro atoms. The molecule has 4 heteroatoms. The third-order valence-corrected chi connectivity index (χ3v) is 3.13. The van der Waals surface area contributed by atoms with Gasteiger partial charge in [0.05, 0.1) is 12.3 Å². The number of ether oxygens (including phenoxy) is 2. The number of benzene rings is 1. The topological polar surface area (TPSA) is 47.6 Å². The highest BCUT2D eigenvalue weighted by Gasteiger charge is 2.19. The molecular formula is C15H21NO3. The fourth-order valence-corrected chi connectivity index (χ4v) is 2.10. The van der Waals surface area contributed by atoms with Crippen LogP contribution in [0.25, 0.3) is 0 Å². The monoisotopic (exact) mass is 263 g/mol. The molecule has 0 aliphatic carbocycles. The third kappa shape index (κ3) is 3.63. The molecule has 1 aliphatic heterocycles. The Kier molecular flexibility index (Phi) is 5.07. The first-order chi connectivity index (χ1) is 9.33. The van der Waals surface area contributed by atoms with E-state index in [0.717, 1.165) is 25.1 Å². The Morgan fingerprint density at radius 1 is 1.37 bits per heavy atom. The number of carbonyl (C=O) groups excluding carboxylic acids is 1. The summed E-state index contributed by atoms with van der Waals surface area (Å²) in [5.74, 6) is 0.323. The van der Waals surface area contributed by atoms with Crippen LogP contribution in [0.5, 0.6) is 5.75 Å². The van der Waals surface area contributed by atoms with E-state index >= 15 is 0 Å². The minimum atomic E-state index is -0.294. The number of carbonyl (C=O) groups is 1. The molecule has 0 saturated carbocycles. The molecule has 0 bridgehead atoms. The zero-order valence-corrected chi connectivity index (χ0v) is 11.4. The van der Waals surface area contributed by atoms with E-state index in [-0.39, 0.29) is 5.97 Å². The number of hydrogen-bond donors (Lipinski definition) is 1. The highest BCUT2D eigenvalue weighted by atomic mass is 16.5. The Balaban J connectivity index is 1.92. The number of esters is 1. The van der Waals surface area contributed by atoms with Crippen molar-refractivity contribution in [2.24, 2.45) is 0 Å². The maximum absolute atomic E-state index is 12.0. The van der Waals surface area contributed by atoms with Crippen molar-refractivity contribution in [1.82, 2.24) is 0 Å². The number of fused-ring (bicyclic) bond motifs is 1. The van der Waals surface area contributed by atoms with Gasteiger partial charge in [0, 0.05) is 6.54 Å². The van der Waals surface area contributed by atoms with E-state index in [1.165, 1.54) is 12.8 Å². The first kappa shape index (κ1) is 13.7. The minimum absolute atomic E-state index is 0.294. The SMILES string of the molecule is CCCCCCOC(=O)c1cccc2c1OCCN2. The van der Waals surface area contributed by atoms with Crippen molar-refractivity contribution < 1.29 is 14.3 Å². The van der Waals surface area contributed by atoms with Crippen LogP contribution in [0, 0.1) is 0 Å². The van der Waals surface area contributed by atoms with Crippen LogP contribution < -0.4 is 10.1 Å². The van der Waals surface area contributed by atoms with Crippen molar-refractivity contribution in [1.29, 1.82) is 0 Å². The molecule has 1 aliphatic rings. The van der Waals surface area contributed by atoms with Gasteiger partial charge >= 0.3 is 5.97 Å². The number of hydrogen-bond acceptors (Lipinski definition) is 4. The number of anilines is 1. The molecule has 0 amide bonds. The Morgan fingerprint density at radius 2 is 2.26 bits per heavy atom. The van der Waals surface area contributed by atoms with Crippen LogP contribution in [0.3, 0.4) is 0 Å². The lowest BCUT2D eigenvalue weighted by Crippen LogP contribution is -2.20. The molecule has 4 nitrogen and oxygen atoms in total. The van der Waals surface area contributed by atoms with Crippen LogP contribution in [0.1, 0.15) is 43.0 Å². The lowest BCUT2D eigenvalue weighted by Gasteiger charge is -2.21. The number of unbranched alkanes of at least 4 members (excludes halogenated alkanes) is 3. The van der Waals surface area contributed by atoms with Gasteiger partial charge in [0.15, 0.2) is 5.75 Å². The van der Waals surface area contributed by atoms with Crippen LogP contribution in [-0.2, 0) is 4.74 Å². The second-order valence-electron chi connectivity index (χ2n) is 4.65. The minimum Gasteiger partial charge on any atom is -0.489 e. The van der Waals surface area contributed by atoms with E-state index in [9.17, 15) is 4.79 Å². The Bertz CT molecular complexity index is 431. The Morgan fingerprint density at radius 3 is 3.11 bits per heavy atom. The highest BCUT2D eigenvalue weighted by Crippen LogP contribution is 2.31. The normalized spacial score (nSPS) is 13.1. The van der Waals surface area contributed by atoms with Gasteiger partial charge < -0.3 is 14.8 Å². The standard InChI is InChI=1S/C15H21NO3/c1-2-3-4-5-10-19-15(17)12-7-6-8-13-14(12)18-11-9-16-13/h6-8,16H,2-5,9-11H2,1H3. The summed E-state index contributed by atoms with van der Waals surface area (Å²) in [4.78, 5) is 12.0. The maximum Gasteiger partial charge on any atom is 0.342 e. The van der Waals surface area contributed by atoms with Gasteiger partial charge in [-0.3, -0.25) is 0 Å². The van der Waals surface area contributed by atoms with Crippen molar-refractivity contribution in [3.8, 4) is 5.75 Å². The highest BCUT2D eigenvalue weighted by molar-refractivity contribution is 5.95. The lowest BCUT2D eigenvalue weighted by molar-refractivity contribution is 0.0493. The average Bonchev–Trinajstić information content (AvgIpc) is 2.46. The molecule has 0 aromatic heterocycles. The Labute approximate surface area is 114 Å². The summed E-state index contributed by atoms with van der Waals surface area (Å²) < 4.78 is 10.9. The predicted octanol–water partition coefficient (Wildman–Crippen LogP) is 3.23. The zero-order chi connectivity index (χ0) is 13.5. The summed E-state index contributed by atoms with van der Waals surface area (Å²) in [5, 5.41) is 3.21. The van der Waals surface area contributed by atoms with Crippen molar-refractivity contribution in [2.75, 3.05) is 25.1 Å². The van der Waals surface area contributed by atoms with Gasteiger partial charge in [-0.2, -0.15) is 0 Å². The molecule has 1 N–H and O–H groups in total. The molecule has 0 fully saturated rings. The second-order valence-corrected chi connectivity index (χ2v) is 4.65. The van der Waals surface area contributed by atoms with Crippen molar-refractivity contribution in [3.05, 3.63) is 23.8 Å². The van der Waals surface area contributed by atoms with Crippen LogP contribution >= 0.6 is 0 Å². The summed E-state index contributed by atoms with van der Waals surface area (Å²) in [6, 6.07) is 5.50. The van der Waals surface area contributed by atoms with Crippen LogP contribution in [0.15, 0.2) is 18.2 Å². The van der Waals surface area contributed by atoms with Crippen molar-refractivity contribution in [3.63, 3.8) is 0 Å². The van der Waals surface area contributed by atoms with E-state index in [1.54, 1.807) is 6.07 Å². The summed E-state index contributed by atoms with van der Waals surface area (Å²) in [5.41, 5.74) is 1.38. The van der Waals surface area contributed by atoms with Crippen LogP contribution in [0.2, 0.25) is 0 Å². The molecule has 0 radical (unpaired) electrons. The van der Waals surface area contributed by atoms with Gasteiger partial charge in [-0.1, -0.05) is 32.3 Å². The third-order valence-electron chi connectivity index (χ3n) is 3.13. The first-order valence-corrected chi connectivity index (χ1v) is 6.99. The van der Waals surface area contributed by atoms with Crippen molar-refractivity contribution in [2.45, 2.75) is 32.6 Å². The average molecular weight is 263 g/mol. The molecule has 0 unspecified atom stereocenters. The van der Waals surface area contributed by atoms with Crippen molar-refractivity contribution >= 4 is 11.7 Å². The summed E-state index contributed by atoms with van der Waals surface area (Å²) in [6.07, 6.45) is 4.40. The van der Waals surface area contributed by atoms with Gasteiger partial charge in [-0.05, 0) is 18.6 Å². The number of nitrogens with one attached hydrogen (secondary N) is 1. The molecule has 0 atom stereocenters. The van der Waals surface area contributed by atoms with E-state index in [0.29, 0.717) is 24.5 Å². The molecule has 1 aromatic carbocycles. The zero-order valence-electron chi connectivity index (χ0n) is 11.4. The number of para-hydroxylation sites is 1. The summed E-state index contributed by atoms with van der Waals surface area (Å²) >= 11 is 0. The first-order valence-electron chi connectivity index (χ1n) is 6.99. The van der Waals surface area contributed by atoms with Gasteiger partial charge in [-0.25, -0.2) is 4.79 Å². The van der Waals surface area contributed by atoms with E-state index in [1.807, 2.05) is 12.1 Å². The fraction of sp³-hybridized carbons (Fsp3) is 0.533. The maximum atomic E-state index is 12.0. The van der Waals surface area contributed by atoms with Crippen LogP contribution in [-0.4, -0.2) is 25.7 Å². The molecule has 0 saturated heterocycles. The van der Waals surface area contributed by atoms with E-state index < -0.39 is 0 Å². The van der Waals surface area contributed by atoms with Gasteiger partial charge in [-0.15, -0.1) is 0 Å². The lowest BCUT2D eigenvalue weighted by atomic mass is 10.1. The van der Waals surface area contributed by atoms with Gasteiger partial charge in [0.25, 0.3) is 0 Å². The van der Waals surface area contributed by atoms with Gasteiger partial charge in [0.2, 0.25) is 0 Å². The molecule has 1 heterocycles. The van der Waals surface area contributed by atoms with Crippen LogP contribution in [0.4, 0.5) is 5.69 Å². The fourth-order valence-electron chi connectivity index (χ4n) is 2.10. The summed E-state index contributed by atoms with van der Waals surface area (Å²) in [7, 11) is 0. The number of rotatable bonds is 6. The van der Waals surface area contributed by atoms with E-state index in [2.05, 4.69) is 12.2 Å². The molecule has 104 valence electrons. The quantitative estimate of drug-likeness (QED) is 0.632. The summed E-state index contributed by atoms with van der Waals surface area (Å²) in [6.45, 7) is 3.98. The Hall–Kier alpha value is -1.71. The predicted molar refractivity (Wildman–Crippen MR) is 74.9 cm³/mol. The van der Waals surface area contributed by atoms with E-state index in [4.69, 9.17) is 9.47 Å². The molecule has 2 rings (SSSR count). The molecular weight excluding hydrogens is 242 g/mol. The second kappa shape index (κ2) is 7.02. The van der Waals surface area contributed by atoms with Gasteiger partial charge in [0.1, 0.15) is 12.2 Å².